The lowest BCUT2D eigenvalue weighted by molar-refractivity contribution is -0.307. The average molecular weight is 1060 g/mol. The fourth-order valence-corrected chi connectivity index (χ4v) is 9.58. The van der Waals surface area contributed by atoms with Crippen LogP contribution in [0.1, 0.15) is 137 Å². The van der Waals surface area contributed by atoms with E-state index < -0.39 is 147 Å². The summed E-state index contributed by atoms with van der Waals surface area (Å²) in [7, 11) is 0. The van der Waals surface area contributed by atoms with Crippen molar-refractivity contribution in [2.75, 3.05) is 6.54 Å². The van der Waals surface area contributed by atoms with E-state index in [4.69, 9.17) is 24.7 Å². The molecule has 0 aromatic carbocycles. The first-order valence-electron chi connectivity index (χ1n) is 27.4. The quantitative estimate of drug-likeness (QED) is 0.0975. The second-order valence-corrected chi connectivity index (χ2v) is 21.0. The van der Waals surface area contributed by atoms with Gasteiger partial charge in [-0.15, -0.1) is 0 Å². The molecule has 0 saturated carbocycles. The SMILES string of the molecule is CCCCCCCCCCNC(=O)[C@H]1[C@@H]2C[C@@H](O[C@@H]3O[C@H](C)[C@@H](O)[C@H](N)[C@@H]3O)C=CC=CC=CC=CC=CC=CC=C[C@H](C)[C@@H](O)[C@@H](C)[C@H](C)OC(=O)C[C@H](O)C[C@H](O)CC[C@@H](O)[C@H](O)C[C@H](O)C[C@](O)(C[C@@H]1O)O2. The van der Waals surface area contributed by atoms with E-state index in [1.165, 1.54) is 12.8 Å². The van der Waals surface area contributed by atoms with Gasteiger partial charge in [-0.2, -0.15) is 0 Å². The van der Waals surface area contributed by atoms with Crippen LogP contribution in [0.2, 0.25) is 0 Å². The third-order valence-electron chi connectivity index (χ3n) is 14.4. The number of unbranched alkanes of at least 4 members (excludes halogenated alkanes) is 7. The maximum Gasteiger partial charge on any atom is 0.308 e. The van der Waals surface area contributed by atoms with Crippen molar-refractivity contribution in [1.29, 1.82) is 0 Å². The molecule has 0 aromatic rings. The lowest BCUT2D eigenvalue weighted by Crippen LogP contribution is -2.62. The lowest BCUT2D eigenvalue weighted by Gasteiger charge is -2.46. The van der Waals surface area contributed by atoms with Gasteiger partial charge < -0.3 is 81.1 Å². The molecule has 428 valence electrons. The van der Waals surface area contributed by atoms with E-state index in [0.29, 0.717) is 13.0 Å². The molecule has 19 atom stereocenters. The minimum absolute atomic E-state index is 0.0874. The number of allylic oxidation sites excluding steroid dienone is 12. The molecule has 1 amide bonds. The van der Waals surface area contributed by atoms with Crippen LogP contribution in [-0.2, 0) is 28.5 Å². The van der Waals surface area contributed by atoms with E-state index in [0.717, 1.165) is 32.1 Å². The van der Waals surface area contributed by atoms with Gasteiger partial charge in [-0.25, -0.2) is 0 Å². The van der Waals surface area contributed by atoms with Gasteiger partial charge in [-0.1, -0.05) is 151 Å². The summed E-state index contributed by atoms with van der Waals surface area (Å²) in [5, 5.41) is 113. The number of nitrogens with two attached hydrogens (primary N) is 1. The zero-order chi connectivity index (χ0) is 55.5. The van der Waals surface area contributed by atoms with Gasteiger partial charge in [-0.3, -0.25) is 9.59 Å². The molecular weight excluding hydrogens is 969 g/mol. The van der Waals surface area contributed by atoms with Crippen molar-refractivity contribution < 1.29 is 79.6 Å². The number of ether oxygens (including phenoxy) is 4. The molecule has 0 aromatic heterocycles. The van der Waals surface area contributed by atoms with Crippen LogP contribution in [-0.4, -0.2) is 167 Å². The van der Waals surface area contributed by atoms with Gasteiger partial charge in [-0.05, 0) is 39.5 Å². The van der Waals surface area contributed by atoms with Crippen molar-refractivity contribution in [3.05, 3.63) is 85.1 Å². The Kier molecular flexibility index (Phi) is 30.9. The Balaban J connectivity index is 1.91. The number of cyclic esters (lactones) is 1. The van der Waals surface area contributed by atoms with Gasteiger partial charge in [0, 0.05) is 44.1 Å². The zero-order valence-electron chi connectivity index (χ0n) is 45.0. The molecule has 2 fully saturated rings. The monoisotopic (exact) mass is 1060 g/mol. The number of rotatable bonds is 12. The molecule has 0 radical (unpaired) electrons. The van der Waals surface area contributed by atoms with E-state index in [9.17, 15) is 60.7 Å². The normalized spacial score (nSPS) is 38.0. The van der Waals surface area contributed by atoms with Crippen molar-refractivity contribution >= 4 is 11.9 Å². The molecule has 3 heterocycles. The summed E-state index contributed by atoms with van der Waals surface area (Å²) in [6.07, 6.45) is 13.6. The number of esters is 1. The number of aliphatic hydroxyl groups is 10. The largest absolute Gasteiger partial charge is 0.462 e. The highest BCUT2D eigenvalue weighted by molar-refractivity contribution is 5.80. The fourth-order valence-electron chi connectivity index (χ4n) is 9.58. The molecular formula is C57H94N2O16. The number of carbonyl (C=O) groups is 2. The zero-order valence-corrected chi connectivity index (χ0v) is 45.0. The Morgan fingerprint density at radius 3 is 1.84 bits per heavy atom. The first kappa shape index (κ1) is 65.8. The Morgan fingerprint density at radius 1 is 0.653 bits per heavy atom. The molecule has 0 aliphatic carbocycles. The number of hydrogen-bond acceptors (Lipinski definition) is 17. The highest BCUT2D eigenvalue weighted by Crippen LogP contribution is 2.38. The molecule has 2 saturated heterocycles. The first-order chi connectivity index (χ1) is 35.7. The highest BCUT2D eigenvalue weighted by atomic mass is 16.7. The molecule has 18 heteroatoms. The summed E-state index contributed by atoms with van der Waals surface area (Å²) < 4.78 is 23.9. The third-order valence-corrected chi connectivity index (χ3v) is 14.4. The first-order valence-corrected chi connectivity index (χ1v) is 27.4. The van der Waals surface area contributed by atoms with Crippen LogP contribution in [0.5, 0.6) is 0 Å². The summed E-state index contributed by atoms with van der Waals surface area (Å²) in [4.78, 5) is 26.7. The van der Waals surface area contributed by atoms with Gasteiger partial charge in [0.05, 0.1) is 85.5 Å². The topological polar surface area (TPSA) is 311 Å². The number of amides is 1. The van der Waals surface area contributed by atoms with E-state index in [-0.39, 0.29) is 31.6 Å². The fraction of sp³-hybridized carbons (Fsp3) is 0.719. The number of hydrogen-bond donors (Lipinski definition) is 12. The highest BCUT2D eigenvalue weighted by Gasteiger charge is 2.51. The molecule has 3 rings (SSSR count). The maximum atomic E-state index is 14.0. The molecule has 75 heavy (non-hydrogen) atoms. The van der Waals surface area contributed by atoms with E-state index in [1.54, 1.807) is 57.2 Å². The summed E-state index contributed by atoms with van der Waals surface area (Å²) >= 11 is 0. The van der Waals surface area contributed by atoms with Crippen molar-refractivity contribution in [3.8, 4) is 0 Å². The standard InChI is InChI=1S/C57H94N2O16/c1-6-7-8-9-10-19-22-25-30-59-55(70)50-47(65)36-57(71)35-43(62)32-46(64)45(63)29-28-41(60)31-42(61)33-49(66)72-39(4)38(3)52(67)37(2)26-23-20-17-15-13-11-12-14-16-18-21-24-27-44(34-48(50)75-57)74-56-54(69)51(58)53(68)40(5)73-56/h11-18,20-21,23-24,26-27,37-48,50-54,56,60-65,67-69,71H,6-10,19,22,25,28-36,58H2,1-5H3,(H,59,70)/t37-,38-,39-,40+,41+,42+,43-,44-,45+,46+,47-,48-,50+,51-,52+,53+,54-,56-,57+/m0/s1. The van der Waals surface area contributed by atoms with Crippen LogP contribution in [0.15, 0.2) is 85.1 Å². The van der Waals surface area contributed by atoms with Crippen LogP contribution >= 0.6 is 0 Å². The molecule has 13 N–H and O–H groups in total. The number of nitrogens with one attached hydrogen (secondary N) is 1. The Bertz CT molecular complexity index is 1840. The minimum atomic E-state index is -2.25. The van der Waals surface area contributed by atoms with Crippen LogP contribution in [0, 0.1) is 17.8 Å². The maximum absolute atomic E-state index is 14.0. The summed E-state index contributed by atoms with van der Waals surface area (Å²) in [5.41, 5.74) is 6.15. The predicted octanol–water partition coefficient (Wildman–Crippen LogP) is 3.88. The Labute approximate surface area is 445 Å². The molecule has 3 aliphatic heterocycles. The van der Waals surface area contributed by atoms with Gasteiger partial charge in [0.15, 0.2) is 12.1 Å². The van der Waals surface area contributed by atoms with Crippen LogP contribution in [0.4, 0.5) is 0 Å². The molecule has 18 nitrogen and oxygen atoms in total. The van der Waals surface area contributed by atoms with Crippen molar-refractivity contribution in [3.63, 3.8) is 0 Å². The molecule has 0 unspecified atom stereocenters. The Hall–Kier alpha value is -3.44. The number of fused-ring (bicyclic) bond motifs is 2. The van der Waals surface area contributed by atoms with Crippen molar-refractivity contribution in [2.45, 2.75) is 235 Å². The summed E-state index contributed by atoms with van der Waals surface area (Å²) in [6.45, 7) is 9.34. The lowest BCUT2D eigenvalue weighted by atomic mass is 9.82. The smallest absolute Gasteiger partial charge is 0.308 e. The second kappa shape index (κ2) is 35.1. The molecule has 2 bridgehead atoms. The number of carbonyl (C=O) groups excluding carboxylic acids is 2. The van der Waals surface area contributed by atoms with E-state index >= 15 is 0 Å². The summed E-state index contributed by atoms with van der Waals surface area (Å²) in [5.74, 6) is -5.46. The second-order valence-electron chi connectivity index (χ2n) is 21.0. The van der Waals surface area contributed by atoms with Gasteiger partial charge in [0.25, 0.3) is 0 Å². The molecule has 0 spiro atoms. The predicted molar refractivity (Wildman–Crippen MR) is 285 cm³/mol. The Morgan fingerprint density at radius 2 is 1.23 bits per heavy atom. The van der Waals surface area contributed by atoms with Gasteiger partial charge >= 0.3 is 5.97 Å². The molecule has 3 aliphatic rings. The average Bonchev–Trinajstić information content (AvgIpc) is 3.34. The minimum Gasteiger partial charge on any atom is -0.462 e. The van der Waals surface area contributed by atoms with Gasteiger partial charge in [0.2, 0.25) is 5.91 Å². The summed E-state index contributed by atoms with van der Waals surface area (Å²) in [6, 6.07) is -1.12. The van der Waals surface area contributed by atoms with Crippen LogP contribution in [0.25, 0.3) is 0 Å². The van der Waals surface area contributed by atoms with E-state index in [1.807, 2.05) is 55.5 Å². The van der Waals surface area contributed by atoms with Gasteiger partial charge in [0.1, 0.15) is 12.2 Å². The van der Waals surface area contributed by atoms with E-state index in [2.05, 4.69) is 12.2 Å². The van der Waals surface area contributed by atoms with Crippen LogP contribution in [0.3, 0.4) is 0 Å². The van der Waals surface area contributed by atoms with Crippen molar-refractivity contribution in [2.24, 2.45) is 23.5 Å². The number of aliphatic hydroxyl groups excluding tert-OH is 9. The van der Waals surface area contributed by atoms with Crippen molar-refractivity contribution in [1.82, 2.24) is 5.32 Å². The third kappa shape index (κ3) is 24.4. The van der Waals surface area contributed by atoms with Crippen LogP contribution < -0.4 is 11.1 Å².